The summed E-state index contributed by atoms with van der Waals surface area (Å²) in [5.41, 5.74) is 0.718. The van der Waals surface area contributed by atoms with Gasteiger partial charge in [0.15, 0.2) is 0 Å². The van der Waals surface area contributed by atoms with E-state index in [0.717, 1.165) is 17.8 Å². The van der Waals surface area contributed by atoms with Crippen molar-refractivity contribution in [3.8, 4) is 5.75 Å². The molecule has 1 amide bonds. The van der Waals surface area contributed by atoms with Gasteiger partial charge in [-0.2, -0.15) is 0 Å². The van der Waals surface area contributed by atoms with Crippen LogP contribution in [0.1, 0.15) is 55.8 Å². The Balaban J connectivity index is 1.60. The zero-order chi connectivity index (χ0) is 20.9. The Labute approximate surface area is 171 Å². The second-order valence-electron chi connectivity index (χ2n) is 9.67. The van der Waals surface area contributed by atoms with Crippen LogP contribution in [0, 0.1) is 33.3 Å². The van der Waals surface area contributed by atoms with E-state index in [-0.39, 0.29) is 28.6 Å². The predicted molar refractivity (Wildman–Crippen MR) is 112 cm³/mol. The lowest BCUT2D eigenvalue weighted by atomic mass is 9.48. The highest BCUT2D eigenvalue weighted by molar-refractivity contribution is 5.99. The Bertz CT molecular complexity index is 800. The van der Waals surface area contributed by atoms with Gasteiger partial charge in [0.1, 0.15) is 11.4 Å². The van der Waals surface area contributed by atoms with E-state index in [2.05, 4.69) is 12.2 Å². The molecule has 1 unspecified atom stereocenters. The molecule has 0 radical (unpaired) electrons. The third-order valence-corrected chi connectivity index (χ3v) is 7.57. The number of rotatable bonds is 6. The largest absolute Gasteiger partial charge is 0.496 e. The molecule has 4 fully saturated rings. The first kappa shape index (κ1) is 20.0. The zero-order valence-electron chi connectivity index (χ0n) is 17.7. The molecule has 158 valence electrons. The predicted octanol–water partition coefficient (Wildman–Crippen LogP) is 4.00. The van der Waals surface area contributed by atoms with Gasteiger partial charge in [-0.05, 0) is 68.6 Å². The highest BCUT2D eigenvalue weighted by Gasteiger charge is 2.53. The minimum atomic E-state index is -0.450. The van der Waals surface area contributed by atoms with Gasteiger partial charge < -0.3 is 15.0 Å². The monoisotopic (exact) mass is 401 g/mol. The number of nitro benzene ring substituents is 1. The van der Waals surface area contributed by atoms with Crippen molar-refractivity contribution in [2.75, 3.05) is 26.1 Å². The van der Waals surface area contributed by atoms with Crippen LogP contribution < -0.4 is 15.0 Å². The van der Waals surface area contributed by atoms with Crippen molar-refractivity contribution in [3.63, 3.8) is 0 Å². The van der Waals surface area contributed by atoms with Crippen molar-refractivity contribution in [2.45, 2.75) is 51.5 Å². The van der Waals surface area contributed by atoms with Gasteiger partial charge in [0, 0.05) is 32.3 Å². The van der Waals surface area contributed by atoms with E-state index < -0.39 is 4.92 Å². The van der Waals surface area contributed by atoms with E-state index in [4.69, 9.17) is 4.74 Å². The van der Waals surface area contributed by atoms with Crippen LogP contribution in [0.2, 0.25) is 0 Å². The number of methoxy groups -OCH3 is 1. The topological polar surface area (TPSA) is 84.7 Å². The van der Waals surface area contributed by atoms with Crippen LogP contribution in [0.3, 0.4) is 0 Å². The third-order valence-electron chi connectivity index (χ3n) is 7.57. The van der Waals surface area contributed by atoms with Gasteiger partial charge in [-0.25, -0.2) is 0 Å². The number of benzene rings is 1. The fraction of sp³-hybridized carbons (Fsp3) is 0.682. The molecule has 1 aromatic rings. The smallest absolute Gasteiger partial charge is 0.293 e. The number of nitro groups is 1. The number of nitrogens with zero attached hydrogens (tertiary/aromatic N) is 2. The summed E-state index contributed by atoms with van der Waals surface area (Å²) >= 11 is 0. The van der Waals surface area contributed by atoms with Crippen LogP contribution in [0.15, 0.2) is 12.1 Å². The van der Waals surface area contributed by atoms with E-state index in [9.17, 15) is 14.9 Å². The van der Waals surface area contributed by atoms with Gasteiger partial charge in [-0.3, -0.25) is 14.9 Å². The van der Waals surface area contributed by atoms with E-state index in [1.807, 2.05) is 0 Å². The summed E-state index contributed by atoms with van der Waals surface area (Å²) in [6, 6.07) is 2.96. The Morgan fingerprint density at radius 2 is 1.76 bits per heavy atom. The first-order valence-corrected chi connectivity index (χ1v) is 10.6. The molecule has 1 atom stereocenters. The number of amides is 1. The van der Waals surface area contributed by atoms with Crippen LogP contribution in [0.5, 0.6) is 5.75 Å². The number of carbonyl (C=O) groups is 1. The first-order valence-electron chi connectivity index (χ1n) is 10.6. The van der Waals surface area contributed by atoms with Gasteiger partial charge >= 0.3 is 0 Å². The van der Waals surface area contributed by atoms with Gasteiger partial charge in [-0.1, -0.05) is 0 Å². The lowest BCUT2D eigenvalue weighted by Crippen LogP contribution is -2.55. The van der Waals surface area contributed by atoms with Crippen LogP contribution in [-0.4, -0.2) is 38.1 Å². The average Bonchev–Trinajstić information content (AvgIpc) is 2.65. The van der Waals surface area contributed by atoms with Crippen molar-refractivity contribution in [1.29, 1.82) is 0 Å². The van der Waals surface area contributed by atoms with Crippen molar-refractivity contribution >= 4 is 17.3 Å². The molecule has 1 aromatic carbocycles. The van der Waals surface area contributed by atoms with E-state index in [1.165, 1.54) is 51.7 Å². The molecule has 5 rings (SSSR count). The van der Waals surface area contributed by atoms with E-state index >= 15 is 0 Å². The van der Waals surface area contributed by atoms with Crippen LogP contribution in [0.4, 0.5) is 11.4 Å². The number of anilines is 1. The van der Waals surface area contributed by atoms with Gasteiger partial charge in [-0.15, -0.1) is 0 Å². The first-order chi connectivity index (χ1) is 13.7. The molecule has 4 aliphatic carbocycles. The molecule has 0 aliphatic heterocycles. The summed E-state index contributed by atoms with van der Waals surface area (Å²) in [5.74, 6) is 2.47. The number of hydrogen-bond donors (Lipinski definition) is 1. The van der Waals surface area contributed by atoms with Gasteiger partial charge in [0.05, 0.1) is 17.6 Å². The van der Waals surface area contributed by atoms with Crippen molar-refractivity contribution < 1.29 is 14.5 Å². The SMILES string of the molecule is COc1cc(N(C)C)c([N+](=O)[O-])cc1C(=O)NC(C)C12CC3CC(CC(C3)C1)C2. The zero-order valence-corrected chi connectivity index (χ0v) is 17.7. The van der Waals surface area contributed by atoms with Crippen LogP contribution >= 0.6 is 0 Å². The summed E-state index contributed by atoms with van der Waals surface area (Å²) in [7, 11) is 4.95. The summed E-state index contributed by atoms with van der Waals surface area (Å²) in [6.45, 7) is 2.11. The summed E-state index contributed by atoms with van der Waals surface area (Å²) < 4.78 is 5.41. The van der Waals surface area contributed by atoms with Gasteiger partial charge in [0.2, 0.25) is 0 Å². The second-order valence-corrected chi connectivity index (χ2v) is 9.67. The summed E-state index contributed by atoms with van der Waals surface area (Å²) in [6.07, 6.45) is 7.63. The maximum atomic E-state index is 13.2. The Morgan fingerprint density at radius 1 is 1.21 bits per heavy atom. The highest BCUT2D eigenvalue weighted by atomic mass is 16.6. The fourth-order valence-electron chi connectivity index (χ4n) is 6.54. The van der Waals surface area contributed by atoms with Gasteiger partial charge in [0.25, 0.3) is 11.6 Å². The maximum Gasteiger partial charge on any atom is 0.293 e. The average molecular weight is 402 g/mol. The molecule has 0 heterocycles. The number of carbonyl (C=O) groups excluding carboxylic acids is 1. The molecule has 7 heteroatoms. The Morgan fingerprint density at radius 3 is 2.21 bits per heavy atom. The van der Waals surface area contributed by atoms with E-state index in [1.54, 1.807) is 25.1 Å². The maximum absolute atomic E-state index is 13.2. The normalized spacial score (nSPS) is 30.7. The highest BCUT2D eigenvalue weighted by Crippen LogP contribution is 2.61. The summed E-state index contributed by atoms with van der Waals surface area (Å²) in [4.78, 5) is 25.9. The molecular formula is C22H31N3O4. The molecule has 0 spiro atoms. The van der Waals surface area contributed by atoms with Crippen molar-refractivity contribution in [1.82, 2.24) is 5.32 Å². The molecule has 7 nitrogen and oxygen atoms in total. The quantitative estimate of drug-likeness (QED) is 0.575. The lowest BCUT2D eigenvalue weighted by molar-refractivity contribution is -0.384. The minimum Gasteiger partial charge on any atom is -0.496 e. The molecule has 4 saturated carbocycles. The van der Waals surface area contributed by atoms with Crippen molar-refractivity contribution in [2.24, 2.45) is 23.2 Å². The fourth-order valence-corrected chi connectivity index (χ4v) is 6.54. The lowest BCUT2D eigenvalue weighted by Gasteiger charge is -2.59. The number of hydrogen-bond acceptors (Lipinski definition) is 5. The van der Waals surface area contributed by atoms with Crippen LogP contribution in [-0.2, 0) is 0 Å². The molecule has 1 N–H and O–H groups in total. The molecule has 0 saturated heterocycles. The number of nitrogens with one attached hydrogen (secondary N) is 1. The molecule has 4 bridgehead atoms. The number of ether oxygens (including phenoxy) is 1. The molecule has 29 heavy (non-hydrogen) atoms. The summed E-state index contributed by atoms with van der Waals surface area (Å²) in [5, 5.41) is 14.7. The Hall–Kier alpha value is -2.31. The third kappa shape index (κ3) is 3.45. The Kier molecular flexibility index (Phi) is 4.95. The molecule has 0 aromatic heterocycles. The standard InChI is InChI=1S/C22H31N3O4/c1-13(22-10-14-5-15(11-22)7-16(6-14)12-22)23-21(26)17-8-19(25(27)28)18(24(2)3)9-20(17)29-4/h8-9,13-16H,5-7,10-12H2,1-4H3,(H,23,26). The molecular weight excluding hydrogens is 370 g/mol. The van der Waals surface area contributed by atoms with E-state index in [0.29, 0.717) is 11.4 Å². The molecule has 4 aliphatic rings. The van der Waals surface area contributed by atoms with Crippen molar-refractivity contribution in [3.05, 3.63) is 27.8 Å². The second kappa shape index (κ2) is 7.18. The van der Waals surface area contributed by atoms with Crippen LogP contribution in [0.25, 0.3) is 0 Å². The minimum absolute atomic E-state index is 0.0423.